The lowest BCUT2D eigenvalue weighted by Gasteiger charge is -2.09. The Balaban J connectivity index is 2.38. The average Bonchev–Trinajstić information content (AvgIpc) is 2.84. The SMILES string of the molecule is Cn1nccc1S(=O)(=O)Nc1ccccc1C#CCO. The largest absolute Gasteiger partial charge is 0.384 e. The van der Waals surface area contributed by atoms with Crippen LogP contribution in [0, 0.1) is 11.8 Å². The van der Waals surface area contributed by atoms with Crippen molar-refractivity contribution in [1.29, 1.82) is 0 Å². The van der Waals surface area contributed by atoms with Gasteiger partial charge in [-0.05, 0) is 18.2 Å². The predicted molar refractivity (Wildman–Crippen MR) is 74.4 cm³/mol. The van der Waals surface area contributed by atoms with E-state index in [2.05, 4.69) is 21.7 Å². The van der Waals surface area contributed by atoms with Gasteiger partial charge in [-0.1, -0.05) is 24.0 Å². The van der Waals surface area contributed by atoms with Crippen LogP contribution in [0.4, 0.5) is 5.69 Å². The fraction of sp³-hybridized carbons (Fsp3) is 0.154. The minimum Gasteiger partial charge on any atom is -0.384 e. The highest BCUT2D eigenvalue weighted by atomic mass is 32.2. The van der Waals surface area contributed by atoms with Crippen LogP contribution in [0.2, 0.25) is 0 Å². The molecule has 0 bridgehead atoms. The van der Waals surface area contributed by atoms with E-state index in [1.54, 1.807) is 31.3 Å². The molecule has 0 aliphatic heterocycles. The van der Waals surface area contributed by atoms with E-state index in [0.29, 0.717) is 11.3 Å². The molecule has 20 heavy (non-hydrogen) atoms. The zero-order chi connectivity index (χ0) is 14.6. The number of aromatic nitrogens is 2. The first kappa shape index (κ1) is 14.1. The van der Waals surface area contributed by atoms with E-state index < -0.39 is 10.0 Å². The third kappa shape index (κ3) is 2.99. The maximum Gasteiger partial charge on any atom is 0.279 e. The maximum atomic E-state index is 12.2. The molecule has 0 spiro atoms. The Morgan fingerprint density at radius 1 is 1.35 bits per heavy atom. The standard InChI is InChI=1S/C13H13N3O3S/c1-16-13(8-9-14-16)20(18,19)15-12-7-3-2-5-11(12)6-4-10-17/h2-3,5,7-9,15,17H,10H2,1H3. The van der Waals surface area contributed by atoms with E-state index in [0.717, 1.165) is 0 Å². The van der Waals surface area contributed by atoms with Crippen molar-refractivity contribution in [2.75, 3.05) is 11.3 Å². The molecule has 2 N–H and O–H groups in total. The van der Waals surface area contributed by atoms with Crippen molar-refractivity contribution in [3.63, 3.8) is 0 Å². The lowest BCUT2D eigenvalue weighted by atomic mass is 10.2. The van der Waals surface area contributed by atoms with Crippen molar-refractivity contribution in [3.8, 4) is 11.8 Å². The van der Waals surface area contributed by atoms with Gasteiger partial charge in [-0.15, -0.1) is 0 Å². The molecule has 2 aromatic rings. The van der Waals surface area contributed by atoms with Gasteiger partial charge in [0.1, 0.15) is 6.61 Å². The smallest absolute Gasteiger partial charge is 0.279 e. The van der Waals surface area contributed by atoms with Crippen LogP contribution in [0.15, 0.2) is 41.6 Å². The molecule has 1 heterocycles. The van der Waals surface area contributed by atoms with Gasteiger partial charge < -0.3 is 5.11 Å². The highest BCUT2D eigenvalue weighted by Crippen LogP contribution is 2.18. The predicted octanol–water partition coefficient (Wildman–Crippen LogP) is 0.565. The van der Waals surface area contributed by atoms with Crippen LogP contribution < -0.4 is 4.72 Å². The van der Waals surface area contributed by atoms with Gasteiger partial charge in [-0.3, -0.25) is 9.40 Å². The van der Waals surface area contributed by atoms with E-state index >= 15 is 0 Å². The second-order valence-corrected chi connectivity index (χ2v) is 5.53. The second-order valence-electron chi connectivity index (χ2n) is 3.90. The van der Waals surface area contributed by atoms with Crippen molar-refractivity contribution in [1.82, 2.24) is 9.78 Å². The summed E-state index contributed by atoms with van der Waals surface area (Å²) in [5.74, 6) is 5.19. The normalized spacial score (nSPS) is 10.7. The molecule has 7 heteroatoms. The molecule has 2 rings (SSSR count). The monoisotopic (exact) mass is 291 g/mol. The maximum absolute atomic E-state index is 12.2. The van der Waals surface area contributed by atoms with Crippen molar-refractivity contribution < 1.29 is 13.5 Å². The van der Waals surface area contributed by atoms with Crippen LogP contribution in [0.1, 0.15) is 5.56 Å². The van der Waals surface area contributed by atoms with Crippen molar-refractivity contribution >= 4 is 15.7 Å². The Morgan fingerprint density at radius 3 is 2.75 bits per heavy atom. The number of nitrogens with zero attached hydrogens (tertiary/aromatic N) is 2. The van der Waals surface area contributed by atoms with E-state index in [4.69, 9.17) is 5.11 Å². The zero-order valence-electron chi connectivity index (χ0n) is 10.7. The number of rotatable bonds is 3. The molecule has 0 radical (unpaired) electrons. The molecule has 0 aliphatic rings. The number of benzene rings is 1. The van der Waals surface area contributed by atoms with Gasteiger partial charge in [0, 0.05) is 12.6 Å². The van der Waals surface area contributed by atoms with Gasteiger partial charge in [0.15, 0.2) is 5.03 Å². The number of para-hydroxylation sites is 1. The van der Waals surface area contributed by atoms with Crippen LogP contribution >= 0.6 is 0 Å². The molecular weight excluding hydrogens is 278 g/mol. The van der Waals surface area contributed by atoms with E-state index in [1.807, 2.05) is 0 Å². The summed E-state index contributed by atoms with van der Waals surface area (Å²) in [6.45, 7) is -0.289. The molecule has 0 saturated heterocycles. The number of sulfonamides is 1. The third-order valence-electron chi connectivity index (χ3n) is 2.52. The first-order valence-electron chi connectivity index (χ1n) is 5.74. The van der Waals surface area contributed by atoms with Gasteiger partial charge >= 0.3 is 0 Å². The number of hydrogen-bond donors (Lipinski definition) is 2. The fourth-order valence-corrected chi connectivity index (χ4v) is 2.85. The highest BCUT2D eigenvalue weighted by molar-refractivity contribution is 7.92. The number of aliphatic hydroxyl groups excluding tert-OH is 1. The molecule has 0 unspecified atom stereocenters. The molecule has 0 fully saturated rings. The first-order chi connectivity index (χ1) is 9.54. The van der Waals surface area contributed by atoms with E-state index in [1.165, 1.54) is 16.9 Å². The van der Waals surface area contributed by atoms with Crippen LogP contribution in [-0.2, 0) is 17.1 Å². The summed E-state index contributed by atoms with van der Waals surface area (Å²) in [6.07, 6.45) is 1.41. The summed E-state index contributed by atoms with van der Waals surface area (Å²) in [6, 6.07) is 8.12. The number of anilines is 1. The van der Waals surface area contributed by atoms with Crippen molar-refractivity contribution in [2.45, 2.75) is 5.03 Å². The summed E-state index contributed by atoms with van der Waals surface area (Å²) < 4.78 is 28.2. The Morgan fingerprint density at radius 2 is 2.10 bits per heavy atom. The second kappa shape index (κ2) is 5.77. The Hall–Kier alpha value is -2.30. The van der Waals surface area contributed by atoms with Gasteiger partial charge in [-0.2, -0.15) is 13.5 Å². The highest BCUT2D eigenvalue weighted by Gasteiger charge is 2.18. The number of hydrogen-bond acceptors (Lipinski definition) is 4. The molecular formula is C13H13N3O3S. The summed E-state index contributed by atoms with van der Waals surface area (Å²) in [5, 5.41) is 12.6. The third-order valence-corrected chi connectivity index (χ3v) is 3.96. The van der Waals surface area contributed by atoms with Gasteiger partial charge in [0.05, 0.1) is 11.9 Å². The van der Waals surface area contributed by atoms with Gasteiger partial charge in [0.2, 0.25) is 0 Å². The molecule has 6 nitrogen and oxygen atoms in total. The molecule has 104 valence electrons. The number of aryl methyl sites for hydroxylation is 1. The van der Waals surface area contributed by atoms with Gasteiger partial charge in [0.25, 0.3) is 10.0 Å². The molecule has 1 aromatic heterocycles. The van der Waals surface area contributed by atoms with Crippen LogP contribution in [0.3, 0.4) is 0 Å². The topological polar surface area (TPSA) is 84.2 Å². The minimum absolute atomic E-state index is 0.0578. The van der Waals surface area contributed by atoms with E-state index in [9.17, 15) is 8.42 Å². The molecule has 0 saturated carbocycles. The van der Waals surface area contributed by atoms with Crippen LogP contribution in [0.25, 0.3) is 0 Å². The zero-order valence-corrected chi connectivity index (χ0v) is 11.6. The summed E-state index contributed by atoms with van der Waals surface area (Å²) >= 11 is 0. The van der Waals surface area contributed by atoms with Crippen LogP contribution in [0.5, 0.6) is 0 Å². The summed E-state index contributed by atoms with van der Waals surface area (Å²) in [4.78, 5) is 0. The Kier molecular flexibility index (Phi) is 4.08. The van der Waals surface area contributed by atoms with E-state index in [-0.39, 0.29) is 11.6 Å². The van der Waals surface area contributed by atoms with Crippen LogP contribution in [-0.4, -0.2) is 29.9 Å². The molecule has 0 amide bonds. The Labute approximate surface area is 117 Å². The quantitative estimate of drug-likeness (QED) is 0.810. The molecule has 0 atom stereocenters. The fourth-order valence-electron chi connectivity index (χ4n) is 1.64. The Bertz CT molecular complexity index is 769. The van der Waals surface area contributed by atoms with Crippen molar-refractivity contribution in [3.05, 3.63) is 42.1 Å². The number of aliphatic hydroxyl groups is 1. The van der Waals surface area contributed by atoms with Gasteiger partial charge in [-0.25, -0.2) is 0 Å². The molecule has 0 aliphatic carbocycles. The molecule has 1 aromatic carbocycles. The average molecular weight is 291 g/mol. The van der Waals surface area contributed by atoms with Crippen molar-refractivity contribution in [2.24, 2.45) is 7.05 Å². The first-order valence-corrected chi connectivity index (χ1v) is 7.22. The lowest BCUT2D eigenvalue weighted by Crippen LogP contribution is -2.17. The summed E-state index contributed by atoms with van der Waals surface area (Å²) in [5.41, 5.74) is 0.849. The lowest BCUT2D eigenvalue weighted by molar-refractivity contribution is 0.350. The number of nitrogens with one attached hydrogen (secondary N) is 1. The minimum atomic E-state index is -3.73. The summed E-state index contributed by atoms with van der Waals surface area (Å²) in [7, 11) is -2.18.